The molecule has 1 atom stereocenters. The molecule has 1 N–H and O–H groups in total. The van der Waals surface area contributed by atoms with Crippen molar-refractivity contribution < 1.29 is 0 Å². The van der Waals surface area contributed by atoms with Gasteiger partial charge in [-0.05, 0) is 44.9 Å². The van der Waals surface area contributed by atoms with Gasteiger partial charge in [0.15, 0.2) is 0 Å². The highest BCUT2D eigenvalue weighted by atomic mass is 32.1. The van der Waals surface area contributed by atoms with Crippen LogP contribution in [0.25, 0.3) is 0 Å². The molecule has 1 nitrogen and oxygen atoms in total. The van der Waals surface area contributed by atoms with Crippen molar-refractivity contribution in [2.75, 3.05) is 6.54 Å². The molecule has 0 bridgehead atoms. The Morgan fingerprint density at radius 2 is 2.18 bits per heavy atom. The maximum absolute atomic E-state index is 3.76. The molecule has 0 saturated carbocycles. The van der Waals surface area contributed by atoms with Gasteiger partial charge in [-0.15, -0.1) is 17.9 Å². The van der Waals surface area contributed by atoms with Crippen LogP contribution in [0.3, 0.4) is 0 Å². The summed E-state index contributed by atoms with van der Waals surface area (Å²) >= 11 is 1.93. The molecule has 1 rings (SSSR count). The molecular weight excluding hydrogens is 226 g/mol. The van der Waals surface area contributed by atoms with Crippen LogP contribution < -0.4 is 5.32 Å². The van der Waals surface area contributed by atoms with Crippen LogP contribution in [-0.2, 0) is 0 Å². The number of hydrogen-bond donors (Lipinski definition) is 1. The molecule has 0 spiro atoms. The highest BCUT2D eigenvalue weighted by Gasteiger charge is 2.11. The van der Waals surface area contributed by atoms with Gasteiger partial charge >= 0.3 is 0 Å². The number of nitrogens with one attached hydrogen (secondary N) is 1. The summed E-state index contributed by atoms with van der Waals surface area (Å²) in [6.07, 6.45) is 8.34. The van der Waals surface area contributed by atoms with E-state index in [0.29, 0.717) is 6.04 Å². The maximum Gasteiger partial charge on any atom is 0.0414 e. The lowest BCUT2D eigenvalue weighted by molar-refractivity contribution is 0.490. The summed E-state index contributed by atoms with van der Waals surface area (Å²) in [6, 6.07) is 5.06. The van der Waals surface area contributed by atoms with Gasteiger partial charge in [-0.1, -0.05) is 25.8 Å². The Balaban J connectivity index is 2.35. The number of thiophene rings is 1. The Morgan fingerprint density at radius 3 is 2.76 bits per heavy atom. The lowest BCUT2D eigenvalue weighted by atomic mass is 10.1. The first-order valence-electron chi connectivity index (χ1n) is 6.68. The Hall–Kier alpha value is -0.600. The van der Waals surface area contributed by atoms with Crippen LogP contribution in [0.1, 0.15) is 54.8 Å². The van der Waals surface area contributed by atoms with Crippen LogP contribution in [-0.4, -0.2) is 6.54 Å². The molecule has 0 aliphatic rings. The summed E-state index contributed by atoms with van der Waals surface area (Å²) in [5.74, 6) is 0. The summed E-state index contributed by atoms with van der Waals surface area (Å²) in [5, 5.41) is 3.59. The zero-order valence-electron chi connectivity index (χ0n) is 11.2. The van der Waals surface area contributed by atoms with E-state index in [-0.39, 0.29) is 0 Å². The van der Waals surface area contributed by atoms with E-state index < -0.39 is 0 Å². The van der Waals surface area contributed by atoms with E-state index in [1.54, 1.807) is 0 Å². The number of allylic oxidation sites excluding steroid dienone is 1. The van der Waals surface area contributed by atoms with Crippen LogP contribution in [0.15, 0.2) is 24.8 Å². The molecule has 0 saturated heterocycles. The van der Waals surface area contributed by atoms with E-state index in [2.05, 4.69) is 37.9 Å². The molecule has 1 aromatic rings. The Bertz CT molecular complexity index is 316. The molecule has 1 aromatic heterocycles. The lowest BCUT2D eigenvalue weighted by Crippen LogP contribution is -2.19. The summed E-state index contributed by atoms with van der Waals surface area (Å²) in [5.41, 5.74) is 0. The highest BCUT2D eigenvalue weighted by molar-refractivity contribution is 7.12. The number of aryl methyl sites for hydroxylation is 1. The maximum atomic E-state index is 3.76. The van der Waals surface area contributed by atoms with E-state index in [4.69, 9.17) is 0 Å². The summed E-state index contributed by atoms with van der Waals surface area (Å²) in [4.78, 5) is 2.91. The third-order valence-corrected chi connectivity index (χ3v) is 4.07. The molecule has 0 aliphatic carbocycles. The normalized spacial score (nSPS) is 12.6. The summed E-state index contributed by atoms with van der Waals surface area (Å²) < 4.78 is 0. The van der Waals surface area contributed by atoms with Crippen LogP contribution in [0.5, 0.6) is 0 Å². The molecule has 2 heteroatoms. The third-order valence-electron chi connectivity index (χ3n) is 2.96. The Kier molecular flexibility index (Phi) is 7.22. The van der Waals surface area contributed by atoms with Crippen LogP contribution in [0.2, 0.25) is 0 Å². The zero-order valence-corrected chi connectivity index (χ0v) is 12.0. The molecule has 17 heavy (non-hydrogen) atoms. The van der Waals surface area contributed by atoms with E-state index in [0.717, 1.165) is 13.0 Å². The van der Waals surface area contributed by atoms with Crippen molar-refractivity contribution in [1.29, 1.82) is 0 Å². The van der Waals surface area contributed by atoms with E-state index >= 15 is 0 Å². The first-order valence-corrected chi connectivity index (χ1v) is 7.50. The van der Waals surface area contributed by atoms with Gasteiger partial charge in [0.1, 0.15) is 0 Å². The van der Waals surface area contributed by atoms with E-state index in [1.165, 1.54) is 35.4 Å². The SMILES string of the molecule is C=CCCCCCC(NCC)c1ccc(C)s1. The van der Waals surface area contributed by atoms with Gasteiger partial charge in [0, 0.05) is 15.8 Å². The largest absolute Gasteiger partial charge is 0.310 e. The van der Waals surface area contributed by atoms with E-state index in [1.807, 2.05) is 17.4 Å². The average Bonchev–Trinajstić information content (AvgIpc) is 2.74. The van der Waals surface area contributed by atoms with Gasteiger partial charge in [-0.25, -0.2) is 0 Å². The second-order valence-electron chi connectivity index (χ2n) is 4.49. The van der Waals surface area contributed by atoms with Gasteiger partial charge in [0.2, 0.25) is 0 Å². The first kappa shape index (κ1) is 14.5. The first-order chi connectivity index (χ1) is 8.27. The van der Waals surface area contributed by atoms with Crippen molar-refractivity contribution in [2.45, 2.75) is 52.0 Å². The van der Waals surface area contributed by atoms with Crippen LogP contribution in [0.4, 0.5) is 0 Å². The Labute approximate surface area is 110 Å². The predicted octanol–water partition coefficient (Wildman–Crippen LogP) is 4.84. The molecule has 0 radical (unpaired) electrons. The smallest absolute Gasteiger partial charge is 0.0414 e. The quantitative estimate of drug-likeness (QED) is 0.489. The summed E-state index contributed by atoms with van der Waals surface area (Å²) in [7, 11) is 0. The second kappa shape index (κ2) is 8.48. The minimum absolute atomic E-state index is 0.558. The van der Waals surface area contributed by atoms with Crippen LogP contribution >= 0.6 is 11.3 Å². The van der Waals surface area contributed by atoms with Gasteiger partial charge in [0.05, 0.1) is 0 Å². The fraction of sp³-hybridized carbons (Fsp3) is 0.600. The van der Waals surface area contributed by atoms with Gasteiger partial charge < -0.3 is 5.32 Å². The molecule has 0 aliphatic heterocycles. The standard InChI is InChI=1S/C15H25NS/c1-4-6-7-8-9-10-14(16-5-2)15-12-11-13(3)17-15/h4,11-12,14,16H,1,5-10H2,2-3H3. The van der Waals surface area contributed by atoms with Crippen LogP contribution in [0, 0.1) is 6.92 Å². The molecule has 0 aromatic carbocycles. The zero-order chi connectivity index (χ0) is 12.5. The molecule has 96 valence electrons. The monoisotopic (exact) mass is 251 g/mol. The molecule has 1 unspecified atom stereocenters. The molecule has 0 fully saturated rings. The van der Waals surface area contributed by atoms with Crippen molar-refractivity contribution >= 4 is 11.3 Å². The third kappa shape index (κ3) is 5.51. The summed E-state index contributed by atoms with van der Waals surface area (Å²) in [6.45, 7) is 9.18. The lowest BCUT2D eigenvalue weighted by Gasteiger charge is -2.16. The minimum atomic E-state index is 0.558. The van der Waals surface area contributed by atoms with Crippen molar-refractivity contribution in [3.63, 3.8) is 0 Å². The second-order valence-corrected chi connectivity index (χ2v) is 5.80. The molecular formula is C15H25NS. The van der Waals surface area contributed by atoms with E-state index in [9.17, 15) is 0 Å². The van der Waals surface area contributed by atoms with Crippen molar-refractivity contribution in [2.24, 2.45) is 0 Å². The average molecular weight is 251 g/mol. The van der Waals surface area contributed by atoms with Gasteiger partial charge in [-0.3, -0.25) is 0 Å². The van der Waals surface area contributed by atoms with Crippen molar-refractivity contribution in [1.82, 2.24) is 5.32 Å². The topological polar surface area (TPSA) is 12.0 Å². The van der Waals surface area contributed by atoms with Gasteiger partial charge in [-0.2, -0.15) is 0 Å². The highest BCUT2D eigenvalue weighted by Crippen LogP contribution is 2.26. The predicted molar refractivity (Wildman–Crippen MR) is 78.8 cm³/mol. The fourth-order valence-electron chi connectivity index (χ4n) is 2.05. The Morgan fingerprint density at radius 1 is 1.35 bits per heavy atom. The van der Waals surface area contributed by atoms with Crippen molar-refractivity contribution in [3.05, 3.63) is 34.5 Å². The fourth-order valence-corrected chi connectivity index (χ4v) is 3.03. The molecule has 1 heterocycles. The molecule has 0 amide bonds. The minimum Gasteiger partial charge on any atom is -0.310 e. The van der Waals surface area contributed by atoms with Crippen molar-refractivity contribution in [3.8, 4) is 0 Å². The number of hydrogen-bond acceptors (Lipinski definition) is 2. The van der Waals surface area contributed by atoms with Gasteiger partial charge in [0.25, 0.3) is 0 Å². The number of rotatable bonds is 9. The number of unbranched alkanes of at least 4 members (excludes halogenated alkanes) is 3.